The van der Waals surface area contributed by atoms with E-state index in [0.29, 0.717) is 5.56 Å². The number of hydrogen-bond acceptors (Lipinski definition) is 4. The first-order valence-electron chi connectivity index (χ1n) is 6.59. The molecule has 0 radical (unpaired) electrons. The largest absolute Gasteiger partial charge is 0.376 e. The second-order valence-corrected chi connectivity index (χ2v) is 5.65. The van der Waals surface area contributed by atoms with Crippen molar-refractivity contribution in [2.75, 3.05) is 11.1 Å². The minimum absolute atomic E-state index is 0.0603. The predicted molar refractivity (Wildman–Crippen MR) is 83.8 cm³/mol. The second-order valence-electron chi connectivity index (χ2n) is 4.34. The molecule has 0 saturated carbocycles. The summed E-state index contributed by atoms with van der Waals surface area (Å²) in [6.45, 7) is 4.13. The Morgan fingerprint density at radius 2 is 2.15 bits per heavy atom. The lowest BCUT2D eigenvalue weighted by Crippen LogP contribution is -2.09. The van der Waals surface area contributed by atoms with Gasteiger partial charge in [-0.15, -0.1) is 11.8 Å². The highest BCUT2D eigenvalue weighted by Gasteiger charge is 2.12. The monoisotopic (exact) mass is 283 g/mol. The van der Waals surface area contributed by atoms with E-state index in [-0.39, 0.29) is 6.04 Å². The first-order chi connectivity index (χ1) is 9.76. The standard InChI is InChI=1S/C16H17N3S/c1-3-20-16-9-6-8-15(13(16)11-17)19-12(2)14-7-4-5-10-18-14/h4-10,12,19H,3H2,1-2H3. The quantitative estimate of drug-likeness (QED) is 0.834. The van der Waals surface area contributed by atoms with Crippen molar-refractivity contribution >= 4 is 17.4 Å². The topological polar surface area (TPSA) is 48.7 Å². The minimum atomic E-state index is 0.0603. The lowest BCUT2D eigenvalue weighted by Gasteiger charge is -2.17. The number of nitriles is 1. The van der Waals surface area contributed by atoms with Crippen molar-refractivity contribution in [2.24, 2.45) is 0 Å². The van der Waals surface area contributed by atoms with Crippen molar-refractivity contribution in [1.82, 2.24) is 4.98 Å². The number of nitrogens with one attached hydrogen (secondary N) is 1. The maximum atomic E-state index is 9.39. The first kappa shape index (κ1) is 14.4. The summed E-state index contributed by atoms with van der Waals surface area (Å²) in [7, 11) is 0. The number of anilines is 1. The maximum absolute atomic E-state index is 9.39. The van der Waals surface area contributed by atoms with Crippen LogP contribution in [-0.4, -0.2) is 10.7 Å². The zero-order chi connectivity index (χ0) is 14.4. The van der Waals surface area contributed by atoms with Gasteiger partial charge >= 0.3 is 0 Å². The van der Waals surface area contributed by atoms with Gasteiger partial charge in [-0.25, -0.2) is 0 Å². The molecule has 2 rings (SSSR count). The number of rotatable bonds is 5. The SMILES string of the molecule is CCSc1cccc(NC(C)c2ccccn2)c1C#N. The Balaban J connectivity index is 2.25. The Labute approximate surface area is 124 Å². The molecular weight excluding hydrogens is 266 g/mol. The van der Waals surface area contributed by atoms with E-state index in [9.17, 15) is 5.26 Å². The zero-order valence-corrected chi connectivity index (χ0v) is 12.4. The summed E-state index contributed by atoms with van der Waals surface area (Å²) < 4.78 is 0. The maximum Gasteiger partial charge on any atom is 0.102 e. The molecule has 1 N–H and O–H groups in total. The van der Waals surface area contributed by atoms with Gasteiger partial charge in [0.15, 0.2) is 0 Å². The third-order valence-electron chi connectivity index (χ3n) is 2.94. The molecule has 20 heavy (non-hydrogen) atoms. The molecule has 4 heteroatoms. The van der Waals surface area contributed by atoms with Gasteiger partial charge in [0, 0.05) is 11.1 Å². The van der Waals surface area contributed by atoms with Crippen LogP contribution in [0.4, 0.5) is 5.69 Å². The van der Waals surface area contributed by atoms with E-state index >= 15 is 0 Å². The molecule has 2 aromatic rings. The van der Waals surface area contributed by atoms with Crippen molar-refractivity contribution in [2.45, 2.75) is 24.8 Å². The molecule has 0 amide bonds. The van der Waals surface area contributed by atoms with E-state index in [1.165, 1.54) is 0 Å². The van der Waals surface area contributed by atoms with Crippen LogP contribution in [0.5, 0.6) is 0 Å². The van der Waals surface area contributed by atoms with Crippen molar-refractivity contribution in [3.05, 3.63) is 53.9 Å². The van der Waals surface area contributed by atoms with Gasteiger partial charge in [-0.05, 0) is 36.9 Å². The summed E-state index contributed by atoms with van der Waals surface area (Å²) >= 11 is 1.69. The Morgan fingerprint density at radius 3 is 2.80 bits per heavy atom. The first-order valence-corrected chi connectivity index (χ1v) is 7.58. The molecule has 1 heterocycles. The van der Waals surface area contributed by atoms with E-state index in [0.717, 1.165) is 22.0 Å². The molecule has 3 nitrogen and oxygen atoms in total. The summed E-state index contributed by atoms with van der Waals surface area (Å²) in [6.07, 6.45) is 1.78. The summed E-state index contributed by atoms with van der Waals surface area (Å²) in [4.78, 5) is 5.36. The summed E-state index contributed by atoms with van der Waals surface area (Å²) in [5, 5.41) is 12.8. The molecule has 0 spiro atoms. The van der Waals surface area contributed by atoms with Crippen molar-refractivity contribution in [3.63, 3.8) is 0 Å². The average molecular weight is 283 g/mol. The van der Waals surface area contributed by atoms with Gasteiger partial charge in [-0.3, -0.25) is 4.98 Å². The van der Waals surface area contributed by atoms with Gasteiger partial charge in [-0.1, -0.05) is 19.1 Å². The fraction of sp³-hybridized carbons (Fsp3) is 0.250. The number of aromatic nitrogens is 1. The molecule has 0 aliphatic carbocycles. The number of pyridine rings is 1. The van der Waals surface area contributed by atoms with E-state index in [2.05, 4.69) is 23.3 Å². The van der Waals surface area contributed by atoms with Crippen LogP contribution in [0.2, 0.25) is 0 Å². The molecule has 1 aromatic carbocycles. The fourth-order valence-corrected chi connectivity index (χ4v) is 2.77. The van der Waals surface area contributed by atoms with Crippen molar-refractivity contribution in [3.8, 4) is 6.07 Å². The van der Waals surface area contributed by atoms with Crippen LogP contribution < -0.4 is 5.32 Å². The van der Waals surface area contributed by atoms with E-state index in [1.54, 1.807) is 18.0 Å². The summed E-state index contributed by atoms with van der Waals surface area (Å²) in [5.41, 5.74) is 2.54. The number of nitrogens with zero attached hydrogens (tertiary/aromatic N) is 2. The molecule has 0 saturated heterocycles. The second kappa shape index (κ2) is 6.97. The average Bonchev–Trinajstić information content (AvgIpc) is 2.49. The van der Waals surface area contributed by atoms with Crippen LogP contribution in [0.3, 0.4) is 0 Å². The van der Waals surface area contributed by atoms with Gasteiger partial charge in [0.25, 0.3) is 0 Å². The predicted octanol–water partition coefficient (Wildman–Crippen LogP) is 4.24. The summed E-state index contributed by atoms with van der Waals surface area (Å²) in [6, 6.07) is 14.1. The molecule has 1 aromatic heterocycles. The molecule has 0 aliphatic heterocycles. The highest BCUT2D eigenvalue weighted by Crippen LogP contribution is 2.29. The normalized spacial score (nSPS) is 11.7. The highest BCUT2D eigenvalue weighted by atomic mass is 32.2. The Morgan fingerprint density at radius 1 is 1.30 bits per heavy atom. The molecule has 0 aliphatic rings. The smallest absolute Gasteiger partial charge is 0.102 e. The van der Waals surface area contributed by atoms with Gasteiger partial charge in [0.05, 0.1) is 23.0 Å². The van der Waals surface area contributed by atoms with Crippen LogP contribution in [0.25, 0.3) is 0 Å². The Bertz CT molecular complexity index is 605. The van der Waals surface area contributed by atoms with Gasteiger partial charge in [0.2, 0.25) is 0 Å². The number of thioether (sulfide) groups is 1. The third kappa shape index (κ3) is 3.31. The van der Waals surface area contributed by atoms with Gasteiger partial charge in [0.1, 0.15) is 6.07 Å². The number of benzene rings is 1. The van der Waals surface area contributed by atoms with Crippen LogP contribution >= 0.6 is 11.8 Å². The molecule has 0 bridgehead atoms. The van der Waals surface area contributed by atoms with Gasteiger partial charge < -0.3 is 5.32 Å². The van der Waals surface area contributed by atoms with Crippen LogP contribution in [0.15, 0.2) is 47.5 Å². The summed E-state index contributed by atoms with van der Waals surface area (Å²) in [5.74, 6) is 0.952. The molecule has 102 valence electrons. The third-order valence-corrected chi connectivity index (χ3v) is 3.88. The van der Waals surface area contributed by atoms with E-state index < -0.39 is 0 Å². The van der Waals surface area contributed by atoms with E-state index in [4.69, 9.17) is 0 Å². The molecule has 0 fully saturated rings. The lowest BCUT2D eigenvalue weighted by atomic mass is 10.1. The van der Waals surface area contributed by atoms with Crippen molar-refractivity contribution < 1.29 is 0 Å². The van der Waals surface area contributed by atoms with Crippen LogP contribution in [-0.2, 0) is 0 Å². The fourth-order valence-electron chi connectivity index (χ4n) is 1.98. The van der Waals surface area contributed by atoms with Crippen LogP contribution in [0.1, 0.15) is 31.1 Å². The minimum Gasteiger partial charge on any atom is -0.376 e. The van der Waals surface area contributed by atoms with Crippen molar-refractivity contribution in [1.29, 1.82) is 5.26 Å². The number of hydrogen-bond donors (Lipinski definition) is 1. The van der Waals surface area contributed by atoms with Gasteiger partial charge in [-0.2, -0.15) is 5.26 Å². The lowest BCUT2D eigenvalue weighted by molar-refractivity contribution is 0.838. The molecular formula is C16H17N3S. The Hall–Kier alpha value is -1.99. The molecule has 1 atom stereocenters. The van der Waals surface area contributed by atoms with Crippen LogP contribution in [0, 0.1) is 11.3 Å². The molecule has 1 unspecified atom stereocenters. The van der Waals surface area contributed by atoms with E-state index in [1.807, 2.05) is 43.3 Å². The zero-order valence-electron chi connectivity index (χ0n) is 11.6. The Kier molecular flexibility index (Phi) is 5.03. The highest BCUT2D eigenvalue weighted by molar-refractivity contribution is 7.99.